The number of methoxy groups -OCH3 is 1. The Kier molecular flexibility index (Phi) is 2.84. The van der Waals surface area contributed by atoms with Crippen LogP contribution in [0.25, 0.3) is 0 Å². The van der Waals surface area contributed by atoms with E-state index in [1.165, 1.54) is 0 Å². The van der Waals surface area contributed by atoms with Crippen LogP contribution in [0.5, 0.6) is 5.75 Å². The normalized spacial score (nSPS) is 20.8. The lowest BCUT2D eigenvalue weighted by Crippen LogP contribution is -2.47. The van der Waals surface area contributed by atoms with Gasteiger partial charge in [-0.25, -0.2) is 0 Å². The minimum Gasteiger partial charge on any atom is -0.497 e. The van der Waals surface area contributed by atoms with Crippen molar-refractivity contribution in [2.75, 3.05) is 7.11 Å². The second-order valence-electron chi connectivity index (χ2n) is 4.85. The highest BCUT2D eigenvalue weighted by atomic mass is 16.5. The SMILES string of the molecule is COc1ccc(C(C)(O)C2(C#N)CCC2)cc1. The van der Waals surface area contributed by atoms with Crippen LogP contribution in [0.4, 0.5) is 0 Å². The zero-order chi connectivity index (χ0) is 12.5. The van der Waals surface area contributed by atoms with Gasteiger partial charge in [-0.3, -0.25) is 0 Å². The van der Waals surface area contributed by atoms with Crippen LogP contribution in [0.15, 0.2) is 24.3 Å². The molecule has 0 amide bonds. The number of nitriles is 1. The number of aliphatic hydroxyl groups is 1. The predicted octanol–water partition coefficient (Wildman–Crippen LogP) is 2.60. The van der Waals surface area contributed by atoms with Crippen molar-refractivity contribution >= 4 is 0 Å². The van der Waals surface area contributed by atoms with Crippen molar-refractivity contribution in [3.8, 4) is 11.8 Å². The monoisotopic (exact) mass is 231 g/mol. The summed E-state index contributed by atoms with van der Waals surface area (Å²) in [4.78, 5) is 0. The molecule has 0 aliphatic heterocycles. The molecule has 1 atom stereocenters. The Morgan fingerprint density at radius 2 is 1.94 bits per heavy atom. The van der Waals surface area contributed by atoms with E-state index in [2.05, 4.69) is 6.07 Å². The molecule has 17 heavy (non-hydrogen) atoms. The summed E-state index contributed by atoms with van der Waals surface area (Å²) in [7, 11) is 1.61. The van der Waals surface area contributed by atoms with Crippen LogP contribution in [0, 0.1) is 16.7 Å². The molecule has 0 heterocycles. The molecule has 0 saturated heterocycles. The second-order valence-corrected chi connectivity index (χ2v) is 4.85. The fraction of sp³-hybridized carbons (Fsp3) is 0.500. The Labute approximate surface area is 102 Å². The summed E-state index contributed by atoms with van der Waals surface area (Å²) in [6.07, 6.45) is 2.55. The Hall–Kier alpha value is -1.53. The molecule has 3 nitrogen and oxygen atoms in total. The van der Waals surface area contributed by atoms with Gasteiger partial charge in [0.15, 0.2) is 0 Å². The molecule has 1 aromatic carbocycles. The molecule has 90 valence electrons. The third-order valence-corrected chi connectivity index (χ3v) is 4.01. The minimum atomic E-state index is -1.09. The molecule has 1 aromatic rings. The van der Waals surface area contributed by atoms with Crippen LogP contribution in [0.3, 0.4) is 0 Å². The molecular formula is C14H17NO2. The zero-order valence-corrected chi connectivity index (χ0v) is 10.2. The number of hydrogen-bond acceptors (Lipinski definition) is 3. The Balaban J connectivity index is 2.34. The fourth-order valence-electron chi connectivity index (χ4n) is 2.43. The van der Waals surface area contributed by atoms with E-state index in [0.29, 0.717) is 0 Å². The van der Waals surface area contributed by atoms with E-state index in [1.807, 2.05) is 24.3 Å². The van der Waals surface area contributed by atoms with E-state index in [9.17, 15) is 10.4 Å². The van der Waals surface area contributed by atoms with Crippen molar-refractivity contribution < 1.29 is 9.84 Å². The molecule has 3 heteroatoms. The summed E-state index contributed by atoms with van der Waals surface area (Å²) < 4.78 is 5.09. The van der Waals surface area contributed by atoms with E-state index in [0.717, 1.165) is 30.6 Å². The molecule has 0 aromatic heterocycles. The topological polar surface area (TPSA) is 53.2 Å². The number of benzene rings is 1. The smallest absolute Gasteiger partial charge is 0.118 e. The maximum Gasteiger partial charge on any atom is 0.118 e. The van der Waals surface area contributed by atoms with Crippen LogP contribution in [-0.4, -0.2) is 12.2 Å². The van der Waals surface area contributed by atoms with E-state index in [1.54, 1.807) is 14.0 Å². The number of rotatable bonds is 3. The quantitative estimate of drug-likeness (QED) is 0.870. The maximum absolute atomic E-state index is 10.7. The first-order valence-electron chi connectivity index (χ1n) is 5.84. The molecule has 0 spiro atoms. The van der Waals surface area contributed by atoms with Crippen molar-refractivity contribution in [2.24, 2.45) is 5.41 Å². The highest BCUT2D eigenvalue weighted by Crippen LogP contribution is 2.53. The van der Waals surface area contributed by atoms with Crippen LogP contribution in [0.1, 0.15) is 31.7 Å². The lowest BCUT2D eigenvalue weighted by molar-refractivity contribution is -0.0858. The summed E-state index contributed by atoms with van der Waals surface area (Å²) >= 11 is 0. The van der Waals surface area contributed by atoms with E-state index in [4.69, 9.17) is 4.74 Å². The van der Waals surface area contributed by atoms with Gasteiger partial charge < -0.3 is 9.84 Å². The molecule has 0 radical (unpaired) electrons. The molecule has 1 aliphatic carbocycles. The van der Waals surface area contributed by atoms with Crippen molar-refractivity contribution in [3.05, 3.63) is 29.8 Å². The lowest BCUT2D eigenvalue weighted by Gasteiger charge is -2.46. The van der Waals surface area contributed by atoms with Crippen molar-refractivity contribution in [3.63, 3.8) is 0 Å². The Morgan fingerprint density at radius 3 is 2.29 bits per heavy atom. The fourth-order valence-corrected chi connectivity index (χ4v) is 2.43. The van der Waals surface area contributed by atoms with Crippen LogP contribution in [-0.2, 0) is 5.60 Å². The molecule has 1 unspecified atom stereocenters. The van der Waals surface area contributed by atoms with Crippen molar-refractivity contribution in [1.82, 2.24) is 0 Å². The minimum absolute atomic E-state index is 0.623. The number of ether oxygens (including phenoxy) is 1. The number of nitrogens with zero attached hydrogens (tertiary/aromatic N) is 1. The molecule has 1 N–H and O–H groups in total. The van der Waals surface area contributed by atoms with Gasteiger partial charge >= 0.3 is 0 Å². The van der Waals surface area contributed by atoms with Crippen molar-refractivity contribution in [2.45, 2.75) is 31.8 Å². The van der Waals surface area contributed by atoms with Gasteiger partial charge in [0.25, 0.3) is 0 Å². The van der Waals surface area contributed by atoms with Gasteiger partial charge in [-0.15, -0.1) is 0 Å². The first-order chi connectivity index (χ1) is 8.05. The summed E-state index contributed by atoms with van der Waals surface area (Å²) in [6, 6.07) is 9.59. The lowest BCUT2D eigenvalue weighted by atomic mass is 9.58. The van der Waals surface area contributed by atoms with Gasteiger partial charge in [0.1, 0.15) is 11.4 Å². The van der Waals surface area contributed by atoms with Crippen LogP contribution < -0.4 is 4.74 Å². The molecule has 1 aliphatic rings. The Bertz CT molecular complexity index is 438. The largest absolute Gasteiger partial charge is 0.497 e. The first-order valence-corrected chi connectivity index (χ1v) is 5.84. The van der Waals surface area contributed by atoms with Crippen LogP contribution in [0.2, 0.25) is 0 Å². The summed E-state index contributed by atoms with van der Waals surface area (Å²) in [5, 5.41) is 20.0. The molecule has 1 saturated carbocycles. The highest BCUT2D eigenvalue weighted by molar-refractivity contribution is 5.34. The van der Waals surface area contributed by atoms with E-state index < -0.39 is 11.0 Å². The standard InChI is InChI=1S/C14H17NO2/c1-13(16,14(10-15)8-3-9-14)11-4-6-12(17-2)7-5-11/h4-7,16H,3,8-9H2,1-2H3. The van der Waals surface area contributed by atoms with Crippen LogP contribution >= 0.6 is 0 Å². The summed E-state index contributed by atoms with van der Waals surface area (Å²) in [6.45, 7) is 1.73. The van der Waals surface area contributed by atoms with E-state index >= 15 is 0 Å². The van der Waals surface area contributed by atoms with Crippen molar-refractivity contribution in [1.29, 1.82) is 5.26 Å². The molecule has 0 bridgehead atoms. The second kappa shape index (κ2) is 4.05. The van der Waals surface area contributed by atoms with Gasteiger partial charge in [-0.1, -0.05) is 18.6 Å². The first kappa shape index (κ1) is 11.9. The third-order valence-electron chi connectivity index (χ3n) is 4.01. The predicted molar refractivity (Wildman–Crippen MR) is 64.5 cm³/mol. The van der Waals surface area contributed by atoms with Gasteiger partial charge in [-0.2, -0.15) is 5.26 Å². The average molecular weight is 231 g/mol. The summed E-state index contributed by atoms with van der Waals surface area (Å²) in [5.41, 5.74) is -0.937. The third kappa shape index (κ3) is 1.69. The highest BCUT2D eigenvalue weighted by Gasteiger charge is 2.52. The molecule has 1 fully saturated rings. The maximum atomic E-state index is 10.7. The Morgan fingerprint density at radius 1 is 1.35 bits per heavy atom. The van der Waals surface area contributed by atoms with Gasteiger partial charge in [0.05, 0.1) is 18.6 Å². The number of hydrogen-bond donors (Lipinski definition) is 1. The molecular weight excluding hydrogens is 214 g/mol. The average Bonchev–Trinajstić information content (AvgIpc) is 2.28. The van der Waals surface area contributed by atoms with Gasteiger partial charge in [-0.05, 0) is 37.5 Å². The van der Waals surface area contributed by atoms with Gasteiger partial charge in [0, 0.05) is 0 Å². The van der Waals surface area contributed by atoms with E-state index in [-0.39, 0.29) is 0 Å². The van der Waals surface area contributed by atoms with Gasteiger partial charge in [0.2, 0.25) is 0 Å². The molecule has 2 rings (SSSR count). The zero-order valence-electron chi connectivity index (χ0n) is 10.2. The summed E-state index contributed by atoms with van der Waals surface area (Å²) in [5.74, 6) is 0.754.